The summed E-state index contributed by atoms with van der Waals surface area (Å²) in [6.45, 7) is 4.11. The van der Waals surface area contributed by atoms with Crippen LogP contribution >= 0.6 is 0 Å². The van der Waals surface area contributed by atoms with E-state index in [4.69, 9.17) is 8.94 Å². The highest BCUT2D eigenvalue weighted by molar-refractivity contribution is 6.06. The number of aromatic nitrogens is 4. The minimum atomic E-state index is -0.236. The van der Waals surface area contributed by atoms with Crippen molar-refractivity contribution in [1.82, 2.24) is 25.2 Å². The minimum absolute atomic E-state index is 0.236. The van der Waals surface area contributed by atoms with Crippen molar-refractivity contribution in [2.75, 3.05) is 0 Å². The molecule has 26 heavy (non-hydrogen) atoms. The third kappa shape index (κ3) is 2.65. The highest BCUT2D eigenvalue weighted by Gasteiger charge is 2.20. The summed E-state index contributed by atoms with van der Waals surface area (Å²) in [7, 11) is 1.86. The van der Waals surface area contributed by atoms with Gasteiger partial charge in [0.1, 0.15) is 5.69 Å². The van der Waals surface area contributed by atoms with Crippen molar-refractivity contribution in [3.63, 3.8) is 0 Å². The first-order chi connectivity index (χ1) is 12.5. The molecule has 0 spiro atoms. The molecule has 0 aromatic carbocycles. The zero-order valence-electron chi connectivity index (χ0n) is 14.6. The van der Waals surface area contributed by atoms with E-state index in [0.717, 1.165) is 11.3 Å². The molecule has 4 aromatic rings. The third-order valence-electron chi connectivity index (χ3n) is 4.41. The van der Waals surface area contributed by atoms with Gasteiger partial charge in [-0.15, -0.1) is 0 Å². The van der Waals surface area contributed by atoms with Crippen LogP contribution in [0.25, 0.3) is 22.6 Å². The first-order valence-electron chi connectivity index (χ1n) is 8.11. The van der Waals surface area contributed by atoms with Gasteiger partial charge in [0.2, 0.25) is 0 Å². The summed E-state index contributed by atoms with van der Waals surface area (Å²) in [5, 5.41) is 11.7. The lowest BCUT2D eigenvalue weighted by Crippen LogP contribution is -2.23. The monoisotopic (exact) mass is 351 g/mol. The van der Waals surface area contributed by atoms with Gasteiger partial charge in [0.25, 0.3) is 11.6 Å². The Morgan fingerprint density at radius 2 is 2.19 bits per heavy atom. The van der Waals surface area contributed by atoms with Crippen LogP contribution in [0.15, 0.2) is 39.6 Å². The predicted octanol–water partition coefficient (Wildman–Crippen LogP) is 2.76. The number of carbonyl (C=O) groups excluding carboxylic acids is 1. The molecule has 0 bridgehead atoms. The van der Waals surface area contributed by atoms with Gasteiger partial charge >= 0.3 is 0 Å². The smallest absolute Gasteiger partial charge is 0.259 e. The summed E-state index contributed by atoms with van der Waals surface area (Å²) < 4.78 is 12.4. The molecular formula is C18H17N5O3. The lowest BCUT2D eigenvalue weighted by atomic mass is 10.1. The Bertz CT molecular complexity index is 1090. The maximum absolute atomic E-state index is 12.9. The van der Waals surface area contributed by atoms with E-state index in [1.807, 2.05) is 14.0 Å². The van der Waals surface area contributed by atoms with Crippen LogP contribution in [0.2, 0.25) is 0 Å². The fourth-order valence-electron chi connectivity index (χ4n) is 2.81. The van der Waals surface area contributed by atoms with Crippen molar-refractivity contribution in [1.29, 1.82) is 0 Å². The van der Waals surface area contributed by atoms with Crippen LogP contribution in [0, 0.1) is 13.8 Å². The average Bonchev–Trinajstić information content (AvgIpc) is 3.36. The zero-order chi connectivity index (χ0) is 18.3. The average molecular weight is 351 g/mol. The highest BCUT2D eigenvalue weighted by Crippen LogP contribution is 2.27. The lowest BCUT2D eigenvalue weighted by molar-refractivity contribution is 0.0952. The van der Waals surface area contributed by atoms with Crippen LogP contribution < -0.4 is 5.32 Å². The summed E-state index contributed by atoms with van der Waals surface area (Å²) in [4.78, 5) is 17.3. The van der Waals surface area contributed by atoms with Gasteiger partial charge < -0.3 is 14.3 Å². The summed E-state index contributed by atoms with van der Waals surface area (Å²) >= 11 is 0. The van der Waals surface area contributed by atoms with Crippen molar-refractivity contribution in [2.45, 2.75) is 20.4 Å². The molecular weight excluding hydrogens is 334 g/mol. The molecule has 4 rings (SSSR count). The Kier molecular flexibility index (Phi) is 3.80. The van der Waals surface area contributed by atoms with Gasteiger partial charge in [-0.1, -0.05) is 5.16 Å². The lowest BCUT2D eigenvalue weighted by Gasteiger charge is -2.07. The van der Waals surface area contributed by atoms with Crippen molar-refractivity contribution in [3.05, 3.63) is 53.2 Å². The summed E-state index contributed by atoms with van der Waals surface area (Å²) in [5.41, 5.74) is 3.84. The number of fused-ring (bicyclic) bond motifs is 1. The van der Waals surface area contributed by atoms with Gasteiger partial charge in [-0.25, -0.2) is 4.98 Å². The number of hydrogen-bond donors (Lipinski definition) is 1. The van der Waals surface area contributed by atoms with Gasteiger partial charge in [0.15, 0.2) is 5.76 Å². The second kappa shape index (κ2) is 6.14. The van der Waals surface area contributed by atoms with Crippen LogP contribution in [0.1, 0.15) is 27.3 Å². The van der Waals surface area contributed by atoms with Crippen molar-refractivity contribution >= 4 is 17.0 Å². The quantitative estimate of drug-likeness (QED) is 0.607. The molecule has 0 saturated carbocycles. The molecule has 1 N–H and O–H groups in total. The number of pyridine rings is 1. The Morgan fingerprint density at radius 1 is 1.35 bits per heavy atom. The first-order valence-corrected chi connectivity index (χ1v) is 8.11. The van der Waals surface area contributed by atoms with Crippen molar-refractivity contribution in [3.8, 4) is 11.5 Å². The number of nitrogens with zero attached hydrogens (tertiary/aromatic N) is 4. The fourth-order valence-corrected chi connectivity index (χ4v) is 2.81. The van der Waals surface area contributed by atoms with Gasteiger partial charge in [0.05, 0.1) is 29.1 Å². The van der Waals surface area contributed by atoms with Crippen LogP contribution in [-0.4, -0.2) is 25.8 Å². The van der Waals surface area contributed by atoms with Gasteiger partial charge in [-0.2, -0.15) is 5.10 Å². The van der Waals surface area contributed by atoms with E-state index in [-0.39, 0.29) is 5.91 Å². The Morgan fingerprint density at radius 3 is 2.88 bits per heavy atom. The summed E-state index contributed by atoms with van der Waals surface area (Å²) in [6.07, 6.45) is 3.30. The SMILES string of the molecule is Cc1noc2nc(-c3ccco3)cc(C(=O)NCc3cnn(C)c3C)c12. The van der Waals surface area contributed by atoms with Gasteiger partial charge in [-0.05, 0) is 32.0 Å². The van der Waals surface area contributed by atoms with Crippen LogP contribution in [0.5, 0.6) is 0 Å². The van der Waals surface area contributed by atoms with E-state index in [9.17, 15) is 4.79 Å². The van der Waals surface area contributed by atoms with E-state index in [2.05, 4.69) is 20.6 Å². The molecule has 0 aliphatic heterocycles. The number of amides is 1. The molecule has 0 aliphatic carbocycles. The highest BCUT2D eigenvalue weighted by atomic mass is 16.5. The van der Waals surface area contributed by atoms with Crippen LogP contribution in [-0.2, 0) is 13.6 Å². The molecule has 0 atom stereocenters. The Balaban J connectivity index is 1.71. The van der Waals surface area contributed by atoms with Crippen molar-refractivity contribution in [2.24, 2.45) is 7.05 Å². The number of rotatable bonds is 4. The van der Waals surface area contributed by atoms with E-state index < -0.39 is 0 Å². The molecule has 0 saturated heterocycles. The number of nitrogens with one attached hydrogen (secondary N) is 1. The largest absolute Gasteiger partial charge is 0.463 e. The summed E-state index contributed by atoms with van der Waals surface area (Å²) in [6, 6.07) is 5.23. The second-order valence-electron chi connectivity index (χ2n) is 6.04. The fraction of sp³-hybridized carbons (Fsp3) is 0.222. The standard InChI is InChI=1S/C18H17N5O3/c1-10-16-13(17(24)19-8-12-9-20-23(3)11(12)2)7-14(15-5-4-6-25-15)21-18(16)26-22-10/h4-7,9H,8H2,1-3H3,(H,19,24). The van der Waals surface area contributed by atoms with Crippen LogP contribution in [0.3, 0.4) is 0 Å². The normalized spacial score (nSPS) is 11.2. The predicted molar refractivity (Wildman–Crippen MR) is 93.4 cm³/mol. The summed E-state index contributed by atoms with van der Waals surface area (Å²) in [5.74, 6) is 0.317. The molecule has 0 fully saturated rings. The minimum Gasteiger partial charge on any atom is -0.463 e. The topological polar surface area (TPSA) is 99.0 Å². The molecule has 1 amide bonds. The molecule has 0 aliphatic rings. The van der Waals surface area contributed by atoms with E-state index in [1.54, 1.807) is 42.3 Å². The maximum atomic E-state index is 12.9. The molecule has 0 unspecified atom stereocenters. The molecule has 8 nitrogen and oxygen atoms in total. The van der Waals surface area contributed by atoms with Crippen molar-refractivity contribution < 1.29 is 13.7 Å². The number of hydrogen-bond acceptors (Lipinski definition) is 6. The maximum Gasteiger partial charge on any atom is 0.259 e. The number of carbonyl (C=O) groups is 1. The zero-order valence-corrected chi connectivity index (χ0v) is 14.6. The molecule has 4 aromatic heterocycles. The number of aryl methyl sites for hydroxylation is 2. The Hall–Kier alpha value is -3.42. The molecule has 4 heterocycles. The van der Waals surface area contributed by atoms with Gasteiger partial charge in [-0.3, -0.25) is 9.48 Å². The first kappa shape index (κ1) is 16.1. The second-order valence-corrected chi connectivity index (χ2v) is 6.04. The van der Waals surface area contributed by atoms with E-state index in [1.165, 1.54) is 0 Å². The number of furan rings is 1. The molecule has 8 heteroatoms. The molecule has 0 radical (unpaired) electrons. The van der Waals surface area contributed by atoms with Crippen LogP contribution in [0.4, 0.5) is 0 Å². The third-order valence-corrected chi connectivity index (χ3v) is 4.41. The van der Waals surface area contributed by atoms with E-state index >= 15 is 0 Å². The van der Waals surface area contributed by atoms with Gasteiger partial charge in [0, 0.05) is 24.8 Å². The molecule has 132 valence electrons. The van der Waals surface area contributed by atoms with E-state index in [0.29, 0.717) is 40.4 Å². The Labute approximate surface area is 148 Å².